The van der Waals surface area contributed by atoms with Gasteiger partial charge < -0.3 is 10.3 Å². The van der Waals surface area contributed by atoms with Gasteiger partial charge in [0.25, 0.3) is 5.56 Å². The van der Waals surface area contributed by atoms with E-state index in [1.165, 1.54) is 11.6 Å². The van der Waals surface area contributed by atoms with Crippen molar-refractivity contribution in [3.8, 4) is 0 Å². The molecule has 2 aromatic heterocycles. The maximum Gasteiger partial charge on any atom is 0.332 e. The normalized spacial score (nSPS) is 11.1. The van der Waals surface area contributed by atoms with Gasteiger partial charge >= 0.3 is 5.69 Å². The molecular weight excluding hydrogens is 234 g/mol. The lowest BCUT2D eigenvalue weighted by molar-refractivity contribution is 0.584. The Morgan fingerprint density at radius 3 is 2.72 bits per heavy atom. The number of anilines is 1. The summed E-state index contributed by atoms with van der Waals surface area (Å²) >= 11 is 0. The Hall–Kier alpha value is -2.05. The van der Waals surface area contributed by atoms with Gasteiger partial charge in [-0.05, 0) is 6.42 Å². The van der Waals surface area contributed by atoms with Crippen LogP contribution < -0.4 is 16.6 Å². The molecule has 0 saturated carbocycles. The molecule has 0 atom stereocenters. The standard InChI is InChI=1S/C11H17N5O2/c1-4-5-6-16-8-7(13-10(12-2)14-8)9(17)15(3)11(16)18/h4-6H2,1-3H3,(H2,12,13,14). The van der Waals surface area contributed by atoms with Crippen molar-refractivity contribution < 1.29 is 0 Å². The van der Waals surface area contributed by atoms with Crippen LogP contribution in [0.1, 0.15) is 19.8 Å². The Morgan fingerprint density at radius 2 is 2.11 bits per heavy atom. The molecule has 0 radical (unpaired) electrons. The first kappa shape index (κ1) is 12.4. The molecule has 0 aliphatic heterocycles. The number of unbranched alkanes of at least 4 members (excludes halogenated alkanes) is 1. The van der Waals surface area contributed by atoms with Gasteiger partial charge in [0.05, 0.1) is 0 Å². The van der Waals surface area contributed by atoms with Gasteiger partial charge in [0.1, 0.15) is 0 Å². The number of nitrogens with one attached hydrogen (secondary N) is 2. The van der Waals surface area contributed by atoms with Crippen LogP contribution >= 0.6 is 0 Å². The second kappa shape index (κ2) is 4.67. The molecule has 0 amide bonds. The zero-order valence-electron chi connectivity index (χ0n) is 10.8. The van der Waals surface area contributed by atoms with Gasteiger partial charge in [-0.2, -0.15) is 4.98 Å². The maximum atomic E-state index is 12.1. The average Bonchev–Trinajstić information content (AvgIpc) is 2.80. The smallest absolute Gasteiger partial charge is 0.332 e. The number of H-pyrrole nitrogens is 1. The summed E-state index contributed by atoms with van der Waals surface area (Å²) in [7, 11) is 3.18. The predicted octanol–water partition coefficient (Wildman–Crippen LogP) is 0.265. The molecule has 2 aromatic rings. The average molecular weight is 251 g/mol. The third-order valence-corrected chi connectivity index (χ3v) is 2.95. The van der Waals surface area contributed by atoms with Crippen molar-refractivity contribution in [2.45, 2.75) is 26.3 Å². The van der Waals surface area contributed by atoms with Crippen molar-refractivity contribution in [1.29, 1.82) is 0 Å². The molecule has 0 bridgehead atoms. The predicted molar refractivity (Wildman–Crippen MR) is 70.0 cm³/mol. The van der Waals surface area contributed by atoms with E-state index in [4.69, 9.17) is 0 Å². The zero-order valence-corrected chi connectivity index (χ0v) is 10.8. The van der Waals surface area contributed by atoms with Crippen LogP contribution in [0.15, 0.2) is 9.59 Å². The number of hydrogen-bond donors (Lipinski definition) is 2. The van der Waals surface area contributed by atoms with Crippen molar-refractivity contribution in [2.75, 3.05) is 12.4 Å². The molecule has 2 N–H and O–H groups in total. The highest BCUT2D eigenvalue weighted by Crippen LogP contribution is 2.09. The molecule has 2 heterocycles. The lowest BCUT2D eigenvalue weighted by Gasteiger charge is -2.07. The molecule has 0 aliphatic carbocycles. The van der Waals surface area contributed by atoms with Crippen LogP contribution in [0.4, 0.5) is 5.95 Å². The quantitative estimate of drug-likeness (QED) is 0.816. The molecule has 0 aromatic carbocycles. The molecule has 7 heteroatoms. The van der Waals surface area contributed by atoms with Gasteiger partial charge in [0.2, 0.25) is 5.95 Å². The number of aryl methyl sites for hydroxylation is 1. The molecule has 18 heavy (non-hydrogen) atoms. The summed E-state index contributed by atoms with van der Waals surface area (Å²) in [5, 5.41) is 2.84. The summed E-state index contributed by atoms with van der Waals surface area (Å²) in [6.45, 7) is 2.61. The topological polar surface area (TPSA) is 84.7 Å². The van der Waals surface area contributed by atoms with Crippen LogP contribution in [-0.4, -0.2) is 26.1 Å². The molecule has 98 valence electrons. The van der Waals surface area contributed by atoms with Crippen molar-refractivity contribution >= 4 is 17.1 Å². The Bertz CT molecular complexity index is 679. The molecular formula is C11H17N5O2. The number of fused-ring (bicyclic) bond motifs is 1. The van der Waals surface area contributed by atoms with Crippen LogP contribution in [0.3, 0.4) is 0 Å². The first-order chi connectivity index (χ1) is 8.60. The van der Waals surface area contributed by atoms with Gasteiger partial charge in [0, 0.05) is 20.6 Å². The second-order valence-electron chi connectivity index (χ2n) is 4.19. The minimum atomic E-state index is -0.350. The molecule has 0 spiro atoms. The van der Waals surface area contributed by atoms with Gasteiger partial charge in [-0.15, -0.1) is 0 Å². The summed E-state index contributed by atoms with van der Waals surface area (Å²) in [6.07, 6.45) is 1.84. The second-order valence-corrected chi connectivity index (χ2v) is 4.19. The van der Waals surface area contributed by atoms with Crippen molar-refractivity contribution in [1.82, 2.24) is 19.1 Å². The number of hydrogen-bond acceptors (Lipinski definition) is 4. The Balaban J connectivity index is 2.77. The summed E-state index contributed by atoms with van der Waals surface area (Å²) in [5.41, 5.74) is 0.102. The minimum Gasteiger partial charge on any atom is -0.359 e. The third kappa shape index (κ3) is 1.81. The highest BCUT2D eigenvalue weighted by Gasteiger charge is 2.14. The van der Waals surface area contributed by atoms with E-state index < -0.39 is 0 Å². The molecule has 7 nitrogen and oxygen atoms in total. The largest absolute Gasteiger partial charge is 0.359 e. The van der Waals surface area contributed by atoms with Gasteiger partial charge in [0.15, 0.2) is 11.2 Å². The number of nitrogens with zero attached hydrogens (tertiary/aromatic N) is 3. The van der Waals surface area contributed by atoms with E-state index >= 15 is 0 Å². The summed E-state index contributed by atoms with van der Waals surface area (Å²) in [6, 6.07) is 0. The van der Waals surface area contributed by atoms with E-state index in [2.05, 4.69) is 15.3 Å². The highest BCUT2D eigenvalue weighted by molar-refractivity contribution is 5.72. The fourth-order valence-corrected chi connectivity index (χ4v) is 1.87. The number of aromatic amines is 1. The monoisotopic (exact) mass is 251 g/mol. The maximum absolute atomic E-state index is 12.1. The van der Waals surface area contributed by atoms with E-state index in [-0.39, 0.29) is 11.2 Å². The zero-order chi connectivity index (χ0) is 13.3. The fraction of sp³-hybridized carbons (Fsp3) is 0.545. The minimum absolute atomic E-state index is 0.324. The third-order valence-electron chi connectivity index (χ3n) is 2.95. The van der Waals surface area contributed by atoms with E-state index in [1.807, 2.05) is 6.92 Å². The number of rotatable bonds is 4. The first-order valence-corrected chi connectivity index (χ1v) is 5.97. The van der Waals surface area contributed by atoms with E-state index in [9.17, 15) is 9.59 Å². The van der Waals surface area contributed by atoms with Crippen LogP contribution in [0.25, 0.3) is 11.2 Å². The summed E-state index contributed by atoms with van der Waals surface area (Å²) < 4.78 is 2.65. The van der Waals surface area contributed by atoms with E-state index in [1.54, 1.807) is 7.05 Å². The Morgan fingerprint density at radius 1 is 1.39 bits per heavy atom. The molecule has 2 rings (SSSR count). The molecule has 0 unspecified atom stereocenters. The van der Waals surface area contributed by atoms with Crippen LogP contribution in [0.2, 0.25) is 0 Å². The number of aromatic nitrogens is 4. The summed E-state index contributed by atoms with van der Waals surface area (Å²) in [4.78, 5) is 31.1. The lowest BCUT2D eigenvalue weighted by atomic mass is 10.3. The van der Waals surface area contributed by atoms with Crippen molar-refractivity contribution in [2.24, 2.45) is 7.05 Å². The van der Waals surface area contributed by atoms with Crippen LogP contribution in [-0.2, 0) is 13.6 Å². The van der Waals surface area contributed by atoms with E-state index in [0.717, 1.165) is 17.4 Å². The summed E-state index contributed by atoms with van der Waals surface area (Å²) in [5.74, 6) is 0.484. The van der Waals surface area contributed by atoms with Gasteiger partial charge in [-0.25, -0.2) is 4.79 Å². The van der Waals surface area contributed by atoms with Crippen LogP contribution in [0, 0.1) is 0 Å². The van der Waals surface area contributed by atoms with Crippen molar-refractivity contribution in [3.63, 3.8) is 0 Å². The van der Waals surface area contributed by atoms with Crippen LogP contribution in [0.5, 0.6) is 0 Å². The van der Waals surface area contributed by atoms with Gasteiger partial charge in [-0.1, -0.05) is 13.3 Å². The van der Waals surface area contributed by atoms with Gasteiger partial charge in [-0.3, -0.25) is 13.9 Å². The molecule has 0 fully saturated rings. The fourth-order valence-electron chi connectivity index (χ4n) is 1.87. The van der Waals surface area contributed by atoms with Crippen molar-refractivity contribution in [3.05, 3.63) is 20.8 Å². The Kier molecular flexibility index (Phi) is 3.22. The van der Waals surface area contributed by atoms with E-state index in [0.29, 0.717) is 23.7 Å². The SMILES string of the molecule is CCCCn1c(=O)n(C)c(=O)c2[nH]c(NC)nc21. The Labute approximate surface area is 103 Å². The lowest BCUT2D eigenvalue weighted by Crippen LogP contribution is -2.38. The first-order valence-electron chi connectivity index (χ1n) is 5.97. The number of imidazole rings is 1. The highest BCUT2D eigenvalue weighted by atomic mass is 16.2. The molecule has 0 aliphatic rings. The molecule has 0 saturated heterocycles.